The fourth-order valence-electron chi connectivity index (χ4n) is 2.48. The molecule has 1 aromatic carbocycles. The van der Waals surface area contributed by atoms with Gasteiger partial charge in [-0.3, -0.25) is 0 Å². The van der Waals surface area contributed by atoms with E-state index in [4.69, 9.17) is 4.74 Å². The summed E-state index contributed by atoms with van der Waals surface area (Å²) in [6, 6.07) is 7.77. The minimum Gasteiger partial charge on any atom is -0.381 e. The van der Waals surface area contributed by atoms with Gasteiger partial charge in [-0.2, -0.15) is 0 Å². The maximum absolute atomic E-state index is 12.0. The molecule has 118 valence electrons. The lowest BCUT2D eigenvalue weighted by atomic mass is 9.88. The number of nitrogens with zero attached hydrogens (tertiary/aromatic N) is 1. The number of benzene rings is 1. The predicted molar refractivity (Wildman–Crippen MR) is 82.7 cm³/mol. The van der Waals surface area contributed by atoms with Crippen molar-refractivity contribution >= 4 is 10.0 Å². The van der Waals surface area contributed by atoms with E-state index >= 15 is 0 Å². The fourth-order valence-corrected chi connectivity index (χ4v) is 3.38. The highest BCUT2D eigenvalue weighted by molar-refractivity contribution is 7.89. The molecule has 0 spiro atoms. The van der Waals surface area contributed by atoms with Gasteiger partial charge >= 0.3 is 0 Å². The maximum Gasteiger partial charge on any atom is 0.242 e. The van der Waals surface area contributed by atoms with Gasteiger partial charge in [-0.05, 0) is 37.5 Å². The Balaban J connectivity index is 1.99. The van der Waals surface area contributed by atoms with E-state index in [9.17, 15) is 8.42 Å². The van der Waals surface area contributed by atoms with Gasteiger partial charge < -0.3 is 10.1 Å². The van der Waals surface area contributed by atoms with Crippen molar-refractivity contribution in [2.75, 3.05) is 21.2 Å². The van der Waals surface area contributed by atoms with E-state index < -0.39 is 10.0 Å². The molecule has 21 heavy (non-hydrogen) atoms. The summed E-state index contributed by atoms with van der Waals surface area (Å²) in [6.45, 7) is 2.09. The molecule has 1 N–H and O–H groups in total. The summed E-state index contributed by atoms with van der Waals surface area (Å²) in [5.74, 6) is 0. The van der Waals surface area contributed by atoms with E-state index in [2.05, 4.69) is 12.2 Å². The van der Waals surface area contributed by atoms with Crippen molar-refractivity contribution in [2.45, 2.75) is 42.8 Å². The van der Waals surface area contributed by atoms with Gasteiger partial charge in [-0.1, -0.05) is 12.1 Å². The summed E-state index contributed by atoms with van der Waals surface area (Å²) in [6.07, 6.45) is 2.45. The largest absolute Gasteiger partial charge is 0.381 e. The van der Waals surface area contributed by atoms with Crippen LogP contribution < -0.4 is 5.32 Å². The lowest BCUT2D eigenvalue weighted by Gasteiger charge is -2.36. The molecule has 5 nitrogen and oxygen atoms in total. The SMILES string of the molecule is COC1CC(NC(C)c2ccc(S(=O)(=O)N(C)C)cc2)C1. The number of nitrogens with one attached hydrogen (secondary N) is 1. The second-order valence-corrected chi connectivity index (χ2v) is 7.92. The average Bonchev–Trinajstić information content (AvgIpc) is 2.42. The first-order valence-corrected chi connectivity index (χ1v) is 8.60. The molecular formula is C15H24N2O3S. The Morgan fingerprint density at radius 3 is 2.29 bits per heavy atom. The van der Waals surface area contributed by atoms with Crippen molar-refractivity contribution in [3.63, 3.8) is 0 Å². The number of sulfonamides is 1. The van der Waals surface area contributed by atoms with Crippen molar-refractivity contribution in [1.82, 2.24) is 9.62 Å². The molecule has 0 radical (unpaired) electrons. The van der Waals surface area contributed by atoms with E-state index in [0.717, 1.165) is 18.4 Å². The third-order valence-corrected chi connectivity index (χ3v) is 5.90. The van der Waals surface area contributed by atoms with Crippen LogP contribution in [0.25, 0.3) is 0 Å². The van der Waals surface area contributed by atoms with Crippen LogP contribution in [0.3, 0.4) is 0 Å². The van der Waals surface area contributed by atoms with Crippen LogP contribution in [-0.2, 0) is 14.8 Å². The van der Waals surface area contributed by atoms with E-state index in [0.29, 0.717) is 17.0 Å². The predicted octanol–water partition coefficient (Wildman–Crippen LogP) is 1.76. The second-order valence-electron chi connectivity index (χ2n) is 5.77. The van der Waals surface area contributed by atoms with Crippen LogP contribution in [0.2, 0.25) is 0 Å². The summed E-state index contributed by atoms with van der Waals surface area (Å²) in [7, 11) is 1.47. The van der Waals surface area contributed by atoms with Crippen LogP contribution in [0, 0.1) is 0 Å². The first kappa shape index (κ1) is 16.4. The van der Waals surface area contributed by atoms with Gasteiger partial charge in [-0.25, -0.2) is 12.7 Å². The number of rotatable bonds is 6. The third kappa shape index (κ3) is 3.63. The minimum absolute atomic E-state index is 0.198. The number of methoxy groups -OCH3 is 1. The van der Waals surface area contributed by atoms with Gasteiger partial charge in [-0.15, -0.1) is 0 Å². The van der Waals surface area contributed by atoms with Crippen LogP contribution >= 0.6 is 0 Å². The Morgan fingerprint density at radius 1 is 1.24 bits per heavy atom. The summed E-state index contributed by atoms with van der Waals surface area (Å²) < 4.78 is 30.5. The highest BCUT2D eigenvalue weighted by Gasteiger charge is 2.29. The zero-order chi connectivity index (χ0) is 15.6. The molecule has 0 bridgehead atoms. The Hall–Kier alpha value is -0.950. The van der Waals surface area contributed by atoms with Gasteiger partial charge in [0.15, 0.2) is 0 Å². The van der Waals surface area contributed by atoms with Gasteiger partial charge in [0.25, 0.3) is 0 Å². The van der Waals surface area contributed by atoms with Crippen molar-refractivity contribution in [3.05, 3.63) is 29.8 Å². The van der Waals surface area contributed by atoms with Crippen molar-refractivity contribution < 1.29 is 13.2 Å². The molecule has 6 heteroatoms. The van der Waals surface area contributed by atoms with Gasteiger partial charge in [0.1, 0.15) is 0 Å². The van der Waals surface area contributed by atoms with Crippen LogP contribution in [0.5, 0.6) is 0 Å². The van der Waals surface area contributed by atoms with Gasteiger partial charge in [0, 0.05) is 33.3 Å². The lowest BCUT2D eigenvalue weighted by molar-refractivity contribution is 0.0147. The van der Waals surface area contributed by atoms with Crippen LogP contribution in [-0.4, -0.2) is 46.1 Å². The van der Waals surface area contributed by atoms with Crippen molar-refractivity contribution in [3.8, 4) is 0 Å². The molecule has 1 atom stereocenters. The van der Waals surface area contributed by atoms with Crippen molar-refractivity contribution in [1.29, 1.82) is 0 Å². The summed E-state index contributed by atoms with van der Waals surface area (Å²) in [4.78, 5) is 0.326. The van der Waals surface area contributed by atoms with E-state index in [-0.39, 0.29) is 6.04 Å². The number of hydrogen-bond acceptors (Lipinski definition) is 4. The van der Waals surface area contributed by atoms with E-state index in [1.165, 1.54) is 18.4 Å². The second kappa shape index (κ2) is 6.44. The van der Waals surface area contributed by atoms with Gasteiger partial charge in [0.05, 0.1) is 11.0 Å². The molecule has 0 aliphatic heterocycles. The average molecular weight is 312 g/mol. The molecule has 0 amide bonds. The Kier molecular flexibility index (Phi) is 5.03. The summed E-state index contributed by atoms with van der Waals surface area (Å²) in [5.41, 5.74) is 1.09. The van der Waals surface area contributed by atoms with E-state index in [1.807, 2.05) is 12.1 Å². The molecule has 1 unspecified atom stereocenters. The van der Waals surface area contributed by atoms with Crippen molar-refractivity contribution in [2.24, 2.45) is 0 Å². The molecule has 1 saturated carbocycles. The first-order valence-electron chi connectivity index (χ1n) is 7.16. The zero-order valence-corrected chi connectivity index (χ0v) is 13.9. The molecule has 0 aromatic heterocycles. The Morgan fingerprint density at radius 2 is 1.81 bits per heavy atom. The molecule has 0 heterocycles. The standard InChI is InChI=1S/C15H24N2O3S/c1-11(16-13-9-14(10-13)20-4)12-5-7-15(8-6-12)21(18,19)17(2)3/h5-8,11,13-14,16H,9-10H2,1-4H3. The number of ether oxygens (including phenoxy) is 1. The normalized spacial score (nSPS) is 23.9. The molecule has 1 fully saturated rings. The molecule has 1 aromatic rings. The Bertz CT molecular complexity index is 563. The zero-order valence-electron chi connectivity index (χ0n) is 13.0. The number of hydrogen-bond donors (Lipinski definition) is 1. The highest BCUT2D eigenvalue weighted by atomic mass is 32.2. The fraction of sp³-hybridized carbons (Fsp3) is 0.600. The molecule has 1 aliphatic carbocycles. The topological polar surface area (TPSA) is 58.6 Å². The van der Waals surface area contributed by atoms with E-state index in [1.54, 1.807) is 19.2 Å². The third-order valence-electron chi connectivity index (χ3n) is 4.07. The van der Waals surface area contributed by atoms with Crippen LogP contribution in [0.4, 0.5) is 0 Å². The minimum atomic E-state index is -3.35. The maximum atomic E-state index is 12.0. The van der Waals surface area contributed by atoms with Crippen LogP contribution in [0.1, 0.15) is 31.4 Å². The highest BCUT2D eigenvalue weighted by Crippen LogP contribution is 2.26. The van der Waals surface area contributed by atoms with Crippen LogP contribution in [0.15, 0.2) is 29.2 Å². The molecule has 1 aliphatic rings. The summed E-state index contributed by atoms with van der Waals surface area (Å²) in [5, 5.41) is 3.54. The Labute approximate surface area is 127 Å². The smallest absolute Gasteiger partial charge is 0.242 e. The monoisotopic (exact) mass is 312 g/mol. The molecular weight excluding hydrogens is 288 g/mol. The lowest BCUT2D eigenvalue weighted by Crippen LogP contribution is -2.45. The van der Waals surface area contributed by atoms with Gasteiger partial charge in [0.2, 0.25) is 10.0 Å². The molecule has 2 rings (SSSR count). The quantitative estimate of drug-likeness (QED) is 0.869. The molecule has 0 saturated heterocycles. The summed E-state index contributed by atoms with van der Waals surface area (Å²) >= 11 is 0. The first-order chi connectivity index (χ1) is 9.84.